The lowest BCUT2D eigenvalue weighted by molar-refractivity contribution is -0.143. The Kier molecular flexibility index (Phi) is 6.02. The van der Waals surface area contributed by atoms with Crippen LogP contribution in [-0.2, 0) is 16.0 Å². The van der Waals surface area contributed by atoms with Crippen molar-refractivity contribution in [3.8, 4) is 5.75 Å². The molecule has 0 saturated carbocycles. The van der Waals surface area contributed by atoms with Crippen molar-refractivity contribution < 1.29 is 24.2 Å². The zero-order valence-corrected chi connectivity index (χ0v) is 15.0. The van der Waals surface area contributed by atoms with Crippen LogP contribution in [0.2, 0.25) is 0 Å². The van der Waals surface area contributed by atoms with Gasteiger partial charge in [0.25, 0.3) is 0 Å². The largest absolute Gasteiger partial charge is 0.508 e. The van der Waals surface area contributed by atoms with Gasteiger partial charge in [-0.1, -0.05) is 20.3 Å². The lowest BCUT2D eigenvalue weighted by Crippen LogP contribution is -2.45. The van der Waals surface area contributed by atoms with E-state index >= 15 is 0 Å². The molecule has 2 rings (SSSR count). The first-order valence-corrected chi connectivity index (χ1v) is 8.52. The van der Waals surface area contributed by atoms with Gasteiger partial charge in [-0.3, -0.25) is 4.79 Å². The minimum Gasteiger partial charge on any atom is -0.508 e. The number of hydrogen-bond acceptors (Lipinski definition) is 5. The summed E-state index contributed by atoms with van der Waals surface area (Å²) < 4.78 is 5.22. The Bertz CT molecular complexity index is 885. The first kappa shape index (κ1) is 19.5. The van der Waals surface area contributed by atoms with Gasteiger partial charge in [-0.25, -0.2) is 9.59 Å². The number of carbonyl (C=O) groups is 2. The lowest BCUT2D eigenvalue weighted by atomic mass is 9.98. The van der Waals surface area contributed by atoms with Gasteiger partial charge in [0.2, 0.25) is 5.91 Å². The summed E-state index contributed by atoms with van der Waals surface area (Å²) in [4.78, 5) is 35.6. The topological polar surface area (TPSA) is 117 Å². The smallest absolute Gasteiger partial charge is 0.339 e. The molecule has 0 spiro atoms. The Labute approximate surface area is 150 Å². The third-order valence-electron chi connectivity index (χ3n) is 4.67. The Morgan fingerprint density at radius 1 is 1.31 bits per heavy atom. The first-order chi connectivity index (χ1) is 12.2. The molecule has 7 nitrogen and oxygen atoms in total. The summed E-state index contributed by atoms with van der Waals surface area (Å²) in [6.07, 6.45) is 0.747. The van der Waals surface area contributed by atoms with Crippen molar-refractivity contribution >= 4 is 22.8 Å². The molecular formula is C19H23NO6. The van der Waals surface area contributed by atoms with Crippen LogP contribution in [0.5, 0.6) is 5.75 Å². The summed E-state index contributed by atoms with van der Waals surface area (Å²) in [7, 11) is 0. The minimum absolute atomic E-state index is 0.00284. The zero-order valence-electron chi connectivity index (χ0n) is 15.0. The molecule has 3 N–H and O–H groups in total. The van der Waals surface area contributed by atoms with Crippen LogP contribution in [0.15, 0.2) is 27.4 Å². The summed E-state index contributed by atoms with van der Waals surface area (Å²) in [6, 6.07) is 3.55. The van der Waals surface area contributed by atoms with Gasteiger partial charge < -0.3 is 19.9 Å². The third-order valence-corrected chi connectivity index (χ3v) is 4.67. The molecule has 0 saturated heterocycles. The fourth-order valence-electron chi connectivity index (χ4n) is 2.84. The quantitative estimate of drug-likeness (QED) is 0.652. The molecule has 0 radical (unpaired) electrons. The number of amides is 1. The molecule has 2 aromatic rings. The van der Waals surface area contributed by atoms with Crippen molar-refractivity contribution in [3.05, 3.63) is 39.7 Å². The van der Waals surface area contributed by atoms with E-state index in [1.165, 1.54) is 12.1 Å². The van der Waals surface area contributed by atoms with Crippen molar-refractivity contribution in [2.24, 2.45) is 5.92 Å². The molecule has 1 heterocycles. The van der Waals surface area contributed by atoms with Crippen LogP contribution in [0.4, 0.5) is 0 Å². The van der Waals surface area contributed by atoms with E-state index in [-0.39, 0.29) is 30.1 Å². The average molecular weight is 361 g/mol. The molecule has 0 aliphatic rings. The number of carboxylic acids is 1. The number of fused-ring (bicyclic) bond motifs is 1. The molecule has 26 heavy (non-hydrogen) atoms. The molecule has 1 aromatic carbocycles. The molecule has 1 aromatic heterocycles. The summed E-state index contributed by atoms with van der Waals surface area (Å²) in [6.45, 7) is 5.37. The number of aliphatic carboxylic acids is 1. The van der Waals surface area contributed by atoms with Crippen molar-refractivity contribution in [1.29, 1.82) is 0 Å². The molecule has 0 unspecified atom stereocenters. The van der Waals surface area contributed by atoms with E-state index in [0.717, 1.165) is 0 Å². The number of aryl methyl sites for hydroxylation is 1. The normalized spacial score (nSPS) is 13.3. The van der Waals surface area contributed by atoms with Crippen LogP contribution < -0.4 is 10.9 Å². The number of rotatable bonds is 7. The summed E-state index contributed by atoms with van der Waals surface area (Å²) in [5.74, 6) is -1.70. The summed E-state index contributed by atoms with van der Waals surface area (Å²) in [5, 5.41) is 21.9. The number of hydrogen-bond donors (Lipinski definition) is 3. The second-order valence-corrected chi connectivity index (χ2v) is 6.44. The molecule has 0 fully saturated rings. The molecule has 2 atom stereocenters. The molecule has 0 bridgehead atoms. The summed E-state index contributed by atoms with van der Waals surface area (Å²) >= 11 is 0. The molecule has 140 valence electrons. The van der Waals surface area contributed by atoms with Gasteiger partial charge in [0.15, 0.2) is 0 Å². The Hall–Kier alpha value is -2.83. The highest BCUT2D eigenvalue weighted by atomic mass is 16.4. The SMILES string of the molecule is CC[C@H](C)[C@@H](NC(=O)CCc1c(C)c2ccc(O)cc2oc1=O)C(=O)O. The van der Waals surface area contributed by atoms with Crippen molar-refractivity contribution in [3.63, 3.8) is 0 Å². The maximum Gasteiger partial charge on any atom is 0.339 e. The van der Waals surface area contributed by atoms with E-state index in [2.05, 4.69) is 5.32 Å². The number of phenolic OH excluding ortho intramolecular Hbond substituents is 1. The van der Waals surface area contributed by atoms with Crippen LogP contribution in [0.25, 0.3) is 11.0 Å². The van der Waals surface area contributed by atoms with Gasteiger partial charge in [-0.2, -0.15) is 0 Å². The Balaban J connectivity index is 2.16. The number of aromatic hydroxyl groups is 1. The average Bonchev–Trinajstić information content (AvgIpc) is 2.58. The van der Waals surface area contributed by atoms with E-state index in [1.54, 1.807) is 19.9 Å². The fraction of sp³-hybridized carbons (Fsp3) is 0.421. The highest BCUT2D eigenvalue weighted by Crippen LogP contribution is 2.23. The second-order valence-electron chi connectivity index (χ2n) is 6.44. The number of carboxylic acid groups (broad SMARTS) is 1. The highest BCUT2D eigenvalue weighted by Gasteiger charge is 2.25. The van der Waals surface area contributed by atoms with Gasteiger partial charge in [-0.15, -0.1) is 0 Å². The molecule has 0 aliphatic carbocycles. The molecule has 7 heteroatoms. The van der Waals surface area contributed by atoms with Crippen LogP contribution in [-0.4, -0.2) is 28.1 Å². The zero-order chi connectivity index (χ0) is 19.4. The maximum atomic E-state index is 12.2. The van der Waals surface area contributed by atoms with Gasteiger partial charge in [0.05, 0.1) is 0 Å². The van der Waals surface area contributed by atoms with Gasteiger partial charge in [0.1, 0.15) is 17.4 Å². The van der Waals surface area contributed by atoms with E-state index < -0.39 is 23.5 Å². The number of phenols is 1. The number of nitrogens with one attached hydrogen (secondary N) is 1. The van der Waals surface area contributed by atoms with Crippen molar-refractivity contribution in [2.75, 3.05) is 0 Å². The monoisotopic (exact) mass is 361 g/mol. The van der Waals surface area contributed by atoms with Crippen molar-refractivity contribution in [1.82, 2.24) is 5.32 Å². The summed E-state index contributed by atoms with van der Waals surface area (Å²) in [5.41, 5.74) is 0.767. The molecule has 0 aliphatic heterocycles. The maximum absolute atomic E-state index is 12.2. The van der Waals surface area contributed by atoms with E-state index in [0.29, 0.717) is 22.9 Å². The predicted molar refractivity (Wildman–Crippen MR) is 96.2 cm³/mol. The van der Waals surface area contributed by atoms with Gasteiger partial charge in [0, 0.05) is 23.4 Å². The van der Waals surface area contributed by atoms with Crippen LogP contribution >= 0.6 is 0 Å². The van der Waals surface area contributed by atoms with E-state index in [4.69, 9.17) is 4.42 Å². The Morgan fingerprint density at radius 3 is 2.62 bits per heavy atom. The predicted octanol–water partition coefficient (Wildman–Crippen LogP) is 2.36. The van der Waals surface area contributed by atoms with E-state index in [9.17, 15) is 24.6 Å². The van der Waals surface area contributed by atoms with E-state index in [1.807, 2.05) is 6.92 Å². The first-order valence-electron chi connectivity index (χ1n) is 8.52. The van der Waals surface area contributed by atoms with Gasteiger partial charge >= 0.3 is 11.6 Å². The fourth-order valence-corrected chi connectivity index (χ4v) is 2.84. The highest BCUT2D eigenvalue weighted by molar-refractivity contribution is 5.84. The van der Waals surface area contributed by atoms with Crippen LogP contribution in [0.1, 0.15) is 37.8 Å². The molecule has 1 amide bonds. The molecular weight excluding hydrogens is 338 g/mol. The second kappa shape index (κ2) is 8.03. The standard InChI is InChI=1S/C19H23NO6/c1-4-10(2)17(18(23)24)20-16(22)8-7-14-11(3)13-6-5-12(21)9-15(13)26-19(14)25/h5-6,9-10,17,21H,4,7-8H2,1-3H3,(H,20,22)(H,23,24)/t10-,17+/m0/s1. The number of benzene rings is 1. The minimum atomic E-state index is -1.08. The lowest BCUT2D eigenvalue weighted by Gasteiger charge is -2.20. The van der Waals surface area contributed by atoms with Crippen molar-refractivity contribution in [2.45, 2.75) is 46.1 Å². The number of carbonyl (C=O) groups excluding carboxylic acids is 1. The van der Waals surface area contributed by atoms with Gasteiger partial charge in [-0.05, 0) is 37.0 Å². The Morgan fingerprint density at radius 2 is 2.00 bits per heavy atom. The van der Waals surface area contributed by atoms with Crippen LogP contribution in [0.3, 0.4) is 0 Å². The third kappa shape index (κ3) is 4.22. The van der Waals surface area contributed by atoms with Crippen LogP contribution in [0, 0.1) is 12.8 Å².